The summed E-state index contributed by atoms with van der Waals surface area (Å²) in [5, 5.41) is 3.36. The molecular formula is C15H24ClN3. The first-order valence-electron chi connectivity index (χ1n) is 6.86. The van der Waals surface area contributed by atoms with Gasteiger partial charge in [-0.3, -0.25) is 4.99 Å². The van der Waals surface area contributed by atoms with E-state index in [1.54, 1.807) is 0 Å². The molecular weight excluding hydrogens is 258 g/mol. The molecule has 1 aromatic rings. The van der Waals surface area contributed by atoms with Crippen molar-refractivity contribution in [1.29, 1.82) is 0 Å². The third-order valence-corrected chi connectivity index (χ3v) is 3.43. The SMILES string of the molecule is CCC(C)CN(CC1=NCCN1)c1ccccc1.Cl. The number of benzene rings is 1. The molecule has 1 aliphatic rings. The van der Waals surface area contributed by atoms with E-state index in [2.05, 4.69) is 59.4 Å². The highest BCUT2D eigenvalue weighted by Crippen LogP contribution is 2.16. The van der Waals surface area contributed by atoms with Crippen LogP contribution in [0.5, 0.6) is 0 Å². The lowest BCUT2D eigenvalue weighted by Crippen LogP contribution is -2.37. The standard InChI is InChI=1S/C15H23N3.ClH/c1-3-13(2)11-18(12-15-16-9-10-17-15)14-7-5-4-6-8-14;/h4-8,13H,3,9-12H2,1-2H3,(H,16,17);1H. The Labute approximate surface area is 122 Å². The number of amidine groups is 1. The zero-order valence-corrected chi connectivity index (χ0v) is 12.6. The third kappa shape index (κ3) is 4.75. The Morgan fingerprint density at radius 1 is 1.32 bits per heavy atom. The number of anilines is 1. The number of rotatable bonds is 6. The van der Waals surface area contributed by atoms with Crippen LogP contribution in [0.3, 0.4) is 0 Å². The molecule has 1 aromatic carbocycles. The first kappa shape index (κ1) is 15.8. The number of para-hydroxylation sites is 1. The van der Waals surface area contributed by atoms with Gasteiger partial charge in [0, 0.05) is 18.8 Å². The molecule has 0 aromatic heterocycles. The number of halogens is 1. The Morgan fingerprint density at radius 2 is 2.05 bits per heavy atom. The maximum atomic E-state index is 4.50. The normalized spacial score (nSPS) is 15.2. The number of hydrogen-bond donors (Lipinski definition) is 1. The predicted molar refractivity (Wildman–Crippen MR) is 85.7 cm³/mol. The summed E-state index contributed by atoms with van der Waals surface area (Å²) in [7, 11) is 0. The number of nitrogens with zero attached hydrogens (tertiary/aromatic N) is 2. The summed E-state index contributed by atoms with van der Waals surface area (Å²) >= 11 is 0. The average molecular weight is 282 g/mol. The van der Waals surface area contributed by atoms with Gasteiger partial charge >= 0.3 is 0 Å². The van der Waals surface area contributed by atoms with Gasteiger partial charge in [-0.1, -0.05) is 38.5 Å². The van der Waals surface area contributed by atoms with Crippen molar-refractivity contribution < 1.29 is 0 Å². The highest BCUT2D eigenvalue weighted by Gasteiger charge is 2.14. The molecule has 106 valence electrons. The minimum absolute atomic E-state index is 0. The monoisotopic (exact) mass is 281 g/mol. The molecule has 0 spiro atoms. The third-order valence-electron chi connectivity index (χ3n) is 3.43. The fraction of sp³-hybridized carbons (Fsp3) is 0.533. The molecule has 0 bridgehead atoms. The van der Waals surface area contributed by atoms with Gasteiger partial charge < -0.3 is 10.2 Å². The summed E-state index contributed by atoms with van der Waals surface area (Å²) in [6.07, 6.45) is 1.21. The summed E-state index contributed by atoms with van der Waals surface area (Å²) in [6.45, 7) is 8.44. The molecule has 0 aliphatic carbocycles. The molecule has 1 N–H and O–H groups in total. The maximum Gasteiger partial charge on any atom is 0.116 e. The van der Waals surface area contributed by atoms with Gasteiger partial charge in [0.2, 0.25) is 0 Å². The van der Waals surface area contributed by atoms with Crippen molar-refractivity contribution in [3.63, 3.8) is 0 Å². The highest BCUT2D eigenvalue weighted by atomic mass is 35.5. The number of aliphatic imine (C=N–C) groups is 1. The smallest absolute Gasteiger partial charge is 0.116 e. The van der Waals surface area contributed by atoms with E-state index in [9.17, 15) is 0 Å². The van der Waals surface area contributed by atoms with Gasteiger partial charge in [0.15, 0.2) is 0 Å². The van der Waals surface area contributed by atoms with Gasteiger partial charge in [0.25, 0.3) is 0 Å². The van der Waals surface area contributed by atoms with Crippen LogP contribution in [0.25, 0.3) is 0 Å². The lowest BCUT2D eigenvalue weighted by Gasteiger charge is -2.27. The molecule has 0 saturated heterocycles. The van der Waals surface area contributed by atoms with Crippen molar-refractivity contribution in [2.45, 2.75) is 20.3 Å². The topological polar surface area (TPSA) is 27.6 Å². The van der Waals surface area contributed by atoms with Gasteiger partial charge in [0.05, 0.1) is 13.1 Å². The minimum atomic E-state index is 0. The van der Waals surface area contributed by atoms with Crippen LogP contribution in [0, 0.1) is 5.92 Å². The van der Waals surface area contributed by atoms with E-state index in [1.807, 2.05) is 0 Å². The largest absolute Gasteiger partial charge is 0.370 e. The Kier molecular flexibility index (Phi) is 6.71. The first-order chi connectivity index (χ1) is 8.79. The van der Waals surface area contributed by atoms with Crippen LogP contribution in [-0.4, -0.2) is 32.0 Å². The summed E-state index contributed by atoms with van der Waals surface area (Å²) < 4.78 is 0. The second kappa shape index (κ2) is 8.05. The van der Waals surface area contributed by atoms with E-state index in [1.165, 1.54) is 12.1 Å². The van der Waals surface area contributed by atoms with E-state index < -0.39 is 0 Å². The van der Waals surface area contributed by atoms with Crippen LogP contribution in [0.2, 0.25) is 0 Å². The van der Waals surface area contributed by atoms with E-state index >= 15 is 0 Å². The van der Waals surface area contributed by atoms with Crippen LogP contribution in [0.4, 0.5) is 5.69 Å². The van der Waals surface area contributed by atoms with Crippen molar-refractivity contribution in [1.82, 2.24) is 5.32 Å². The minimum Gasteiger partial charge on any atom is -0.370 e. The predicted octanol–water partition coefficient (Wildman–Crippen LogP) is 2.96. The van der Waals surface area contributed by atoms with Gasteiger partial charge in [-0.15, -0.1) is 12.4 Å². The highest BCUT2D eigenvalue weighted by molar-refractivity contribution is 5.88. The zero-order valence-electron chi connectivity index (χ0n) is 11.8. The molecule has 0 saturated carbocycles. The van der Waals surface area contributed by atoms with E-state index in [-0.39, 0.29) is 12.4 Å². The summed E-state index contributed by atoms with van der Waals surface area (Å²) in [6, 6.07) is 10.6. The fourth-order valence-electron chi connectivity index (χ4n) is 2.14. The van der Waals surface area contributed by atoms with Gasteiger partial charge in [-0.2, -0.15) is 0 Å². The van der Waals surface area contributed by atoms with Crippen molar-refractivity contribution >= 4 is 23.9 Å². The van der Waals surface area contributed by atoms with Gasteiger partial charge in [-0.05, 0) is 18.1 Å². The summed E-state index contributed by atoms with van der Waals surface area (Å²) in [5.41, 5.74) is 1.29. The van der Waals surface area contributed by atoms with Crippen LogP contribution >= 0.6 is 12.4 Å². The Morgan fingerprint density at radius 3 is 2.63 bits per heavy atom. The van der Waals surface area contributed by atoms with Crippen LogP contribution in [0.1, 0.15) is 20.3 Å². The van der Waals surface area contributed by atoms with E-state index in [0.717, 1.165) is 32.0 Å². The molecule has 2 rings (SSSR count). The van der Waals surface area contributed by atoms with Crippen LogP contribution in [0.15, 0.2) is 35.3 Å². The Bertz CT molecular complexity index is 392. The zero-order chi connectivity index (χ0) is 12.8. The van der Waals surface area contributed by atoms with Crippen molar-refractivity contribution in [2.75, 3.05) is 31.1 Å². The summed E-state index contributed by atoms with van der Waals surface area (Å²) in [4.78, 5) is 6.92. The van der Waals surface area contributed by atoms with E-state index in [0.29, 0.717) is 5.92 Å². The molecule has 1 aliphatic heterocycles. The molecule has 0 fully saturated rings. The van der Waals surface area contributed by atoms with Crippen LogP contribution < -0.4 is 10.2 Å². The first-order valence-corrected chi connectivity index (χ1v) is 6.86. The van der Waals surface area contributed by atoms with E-state index in [4.69, 9.17) is 0 Å². The second-order valence-corrected chi connectivity index (χ2v) is 4.98. The molecule has 0 radical (unpaired) electrons. The van der Waals surface area contributed by atoms with Gasteiger partial charge in [0.1, 0.15) is 5.84 Å². The average Bonchev–Trinajstić information content (AvgIpc) is 2.92. The molecule has 1 unspecified atom stereocenters. The molecule has 1 atom stereocenters. The lowest BCUT2D eigenvalue weighted by atomic mass is 10.1. The van der Waals surface area contributed by atoms with Crippen molar-refractivity contribution in [3.05, 3.63) is 30.3 Å². The number of nitrogens with one attached hydrogen (secondary N) is 1. The molecule has 0 amide bonds. The van der Waals surface area contributed by atoms with Crippen molar-refractivity contribution in [2.24, 2.45) is 10.9 Å². The molecule has 19 heavy (non-hydrogen) atoms. The maximum absolute atomic E-state index is 4.50. The van der Waals surface area contributed by atoms with Crippen LogP contribution in [-0.2, 0) is 0 Å². The Balaban J connectivity index is 0.00000180. The van der Waals surface area contributed by atoms with Crippen molar-refractivity contribution in [3.8, 4) is 0 Å². The van der Waals surface area contributed by atoms with Gasteiger partial charge in [-0.25, -0.2) is 0 Å². The molecule has 3 nitrogen and oxygen atoms in total. The molecule has 1 heterocycles. The lowest BCUT2D eigenvalue weighted by molar-refractivity contribution is 0.554. The molecule has 4 heteroatoms. The Hall–Kier alpha value is -1.22. The second-order valence-electron chi connectivity index (χ2n) is 4.98. The number of hydrogen-bond acceptors (Lipinski definition) is 3. The quantitative estimate of drug-likeness (QED) is 0.868. The summed E-state index contributed by atoms with van der Waals surface area (Å²) in [5.74, 6) is 1.83. The fourth-order valence-corrected chi connectivity index (χ4v) is 2.14.